The first-order valence-electron chi connectivity index (χ1n) is 11.2. The second-order valence-corrected chi connectivity index (χ2v) is 8.48. The number of ether oxygens (including phenoxy) is 2. The molecule has 1 heterocycles. The van der Waals surface area contributed by atoms with Crippen LogP contribution >= 0.6 is 0 Å². The van der Waals surface area contributed by atoms with Crippen molar-refractivity contribution in [3.63, 3.8) is 0 Å². The van der Waals surface area contributed by atoms with Crippen molar-refractivity contribution < 1.29 is 40.6 Å². The number of carbonyl (C=O) groups is 1. The van der Waals surface area contributed by atoms with Crippen molar-refractivity contribution in [1.29, 1.82) is 0 Å². The molecule has 1 fully saturated rings. The van der Waals surface area contributed by atoms with Crippen molar-refractivity contribution in [2.24, 2.45) is 0 Å². The van der Waals surface area contributed by atoms with E-state index in [0.717, 1.165) is 18.5 Å². The first-order valence-corrected chi connectivity index (χ1v) is 11.2. The number of carbonyl (C=O) groups excluding carboxylic acids is 1. The predicted molar refractivity (Wildman–Crippen MR) is 116 cm³/mol. The van der Waals surface area contributed by atoms with Gasteiger partial charge < -0.3 is 9.47 Å². The van der Waals surface area contributed by atoms with E-state index >= 15 is 0 Å². The summed E-state index contributed by atoms with van der Waals surface area (Å²) < 4.78 is 90.0. The molecule has 2 aromatic rings. The van der Waals surface area contributed by atoms with Crippen molar-refractivity contribution in [1.82, 2.24) is 4.90 Å². The van der Waals surface area contributed by atoms with Gasteiger partial charge in [-0.25, -0.2) is 0 Å². The summed E-state index contributed by atoms with van der Waals surface area (Å²) in [6.45, 7) is 0.898. The van der Waals surface area contributed by atoms with E-state index in [4.69, 9.17) is 4.74 Å². The van der Waals surface area contributed by atoms with Gasteiger partial charge in [0, 0.05) is 6.42 Å². The molecular formula is C25H27F6NO3. The molecule has 0 bridgehead atoms. The van der Waals surface area contributed by atoms with Crippen molar-refractivity contribution >= 4 is 5.97 Å². The van der Waals surface area contributed by atoms with E-state index in [2.05, 4.69) is 9.64 Å². The Labute approximate surface area is 199 Å². The lowest BCUT2D eigenvalue weighted by Gasteiger charge is -2.41. The molecule has 0 saturated carbocycles. The average molecular weight is 503 g/mol. The summed E-state index contributed by atoms with van der Waals surface area (Å²) in [6, 6.07) is 10.6. The minimum atomic E-state index is -4.91. The van der Waals surface area contributed by atoms with Gasteiger partial charge in [0.05, 0.1) is 37.0 Å². The molecule has 0 N–H and O–H groups in total. The van der Waals surface area contributed by atoms with Gasteiger partial charge >= 0.3 is 18.3 Å². The van der Waals surface area contributed by atoms with Crippen molar-refractivity contribution in [2.75, 3.05) is 20.2 Å². The van der Waals surface area contributed by atoms with Gasteiger partial charge in [0.15, 0.2) is 0 Å². The Kier molecular flexibility index (Phi) is 8.82. The van der Waals surface area contributed by atoms with E-state index in [1.54, 1.807) is 0 Å². The average Bonchev–Trinajstić information content (AvgIpc) is 2.82. The zero-order valence-electron chi connectivity index (χ0n) is 19.2. The molecule has 4 nitrogen and oxygen atoms in total. The Bertz CT molecular complexity index is 945. The fourth-order valence-electron chi connectivity index (χ4n) is 4.36. The van der Waals surface area contributed by atoms with E-state index in [9.17, 15) is 31.1 Å². The molecule has 0 aliphatic carbocycles. The maximum Gasteiger partial charge on any atom is 0.416 e. The molecule has 10 heteroatoms. The molecule has 3 rings (SSSR count). The summed E-state index contributed by atoms with van der Waals surface area (Å²) in [4.78, 5) is 13.6. The standard InChI is InChI=1S/C25H27F6NO3/c1-34-22(33)10-6-12-32-11-5-9-21(23(32)18-7-3-2-4-8-18)35-16-17-13-19(24(26,27)28)15-20(14-17)25(29,30)31/h2-4,7-8,13-15,21,23H,5-6,9-12,16H2,1H3/t21-,23-/m1/s1. The summed E-state index contributed by atoms with van der Waals surface area (Å²) in [5, 5.41) is 0. The number of benzene rings is 2. The molecule has 35 heavy (non-hydrogen) atoms. The monoisotopic (exact) mass is 503 g/mol. The fourth-order valence-corrected chi connectivity index (χ4v) is 4.36. The van der Waals surface area contributed by atoms with E-state index < -0.39 is 36.2 Å². The second-order valence-electron chi connectivity index (χ2n) is 8.48. The van der Waals surface area contributed by atoms with Crippen LogP contribution in [-0.2, 0) is 33.2 Å². The third-order valence-electron chi connectivity index (χ3n) is 5.99. The quantitative estimate of drug-likeness (QED) is 0.309. The number of rotatable bonds is 8. The van der Waals surface area contributed by atoms with Crippen LogP contribution in [0.3, 0.4) is 0 Å². The Morgan fingerprint density at radius 3 is 2.20 bits per heavy atom. The molecule has 2 aromatic carbocycles. The third-order valence-corrected chi connectivity index (χ3v) is 5.99. The van der Waals surface area contributed by atoms with Crippen molar-refractivity contribution in [3.05, 3.63) is 70.8 Å². The summed E-state index contributed by atoms with van der Waals surface area (Å²) in [6.07, 6.45) is -8.15. The highest BCUT2D eigenvalue weighted by Gasteiger charge is 2.37. The Morgan fingerprint density at radius 2 is 1.63 bits per heavy atom. The van der Waals surface area contributed by atoms with Gasteiger partial charge in [0.2, 0.25) is 0 Å². The zero-order valence-corrected chi connectivity index (χ0v) is 19.2. The predicted octanol–water partition coefficient (Wildman–Crippen LogP) is 6.40. The zero-order chi connectivity index (χ0) is 25.6. The molecular weight excluding hydrogens is 476 g/mol. The molecule has 1 saturated heterocycles. The molecule has 1 aliphatic rings. The van der Waals surface area contributed by atoms with Crippen molar-refractivity contribution in [3.8, 4) is 0 Å². The number of halogens is 6. The summed E-state index contributed by atoms with van der Waals surface area (Å²) in [5.74, 6) is -0.323. The first kappa shape index (κ1) is 27.0. The maximum absolute atomic E-state index is 13.2. The van der Waals surface area contributed by atoms with Crippen LogP contribution in [0.4, 0.5) is 26.3 Å². The van der Waals surface area contributed by atoms with Crippen LogP contribution in [0.1, 0.15) is 54.0 Å². The fraction of sp³-hybridized carbons (Fsp3) is 0.480. The topological polar surface area (TPSA) is 38.8 Å². The van der Waals surface area contributed by atoms with Gasteiger partial charge in [-0.05, 0) is 61.7 Å². The Morgan fingerprint density at radius 1 is 1.00 bits per heavy atom. The SMILES string of the molecule is COC(=O)CCCN1CCC[C@@H](OCc2cc(C(F)(F)F)cc(C(F)(F)F)c2)[C@H]1c1ccccc1. The molecule has 0 amide bonds. The summed E-state index contributed by atoms with van der Waals surface area (Å²) >= 11 is 0. The number of nitrogens with zero attached hydrogens (tertiary/aromatic N) is 1. The Hall–Kier alpha value is -2.59. The normalized spacial score (nSPS) is 19.5. The van der Waals surface area contributed by atoms with Crippen LogP contribution in [0.15, 0.2) is 48.5 Å². The molecule has 1 aliphatic heterocycles. The summed E-state index contributed by atoms with van der Waals surface area (Å²) in [7, 11) is 1.32. The highest BCUT2D eigenvalue weighted by Crippen LogP contribution is 2.38. The van der Waals surface area contributed by atoms with E-state index in [1.807, 2.05) is 30.3 Å². The van der Waals surface area contributed by atoms with Gasteiger partial charge in [-0.15, -0.1) is 0 Å². The molecule has 2 atom stereocenters. The second kappa shape index (κ2) is 11.4. The van der Waals surface area contributed by atoms with Gasteiger partial charge in [-0.2, -0.15) is 26.3 Å². The van der Waals surface area contributed by atoms with Crippen LogP contribution in [0.2, 0.25) is 0 Å². The van der Waals surface area contributed by atoms with Gasteiger partial charge in [-0.1, -0.05) is 30.3 Å². The lowest BCUT2D eigenvalue weighted by atomic mass is 9.92. The molecule has 0 unspecified atom stereocenters. The van der Waals surface area contributed by atoms with Crippen LogP contribution in [-0.4, -0.2) is 37.2 Å². The van der Waals surface area contributed by atoms with Crippen LogP contribution in [0.5, 0.6) is 0 Å². The maximum atomic E-state index is 13.2. The number of alkyl halides is 6. The van der Waals surface area contributed by atoms with Gasteiger partial charge in [-0.3, -0.25) is 9.69 Å². The van der Waals surface area contributed by atoms with E-state index in [1.165, 1.54) is 7.11 Å². The minimum absolute atomic E-state index is 0.111. The number of likely N-dealkylation sites (tertiary alicyclic amines) is 1. The number of hydrogen-bond acceptors (Lipinski definition) is 4. The first-order chi connectivity index (χ1) is 16.5. The van der Waals surface area contributed by atoms with Crippen molar-refractivity contribution in [2.45, 2.75) is 56.8 Å². The number of methoxy groups -OCH3 is 1. The van der Waals surface area contributed by atoms with Crippen LogP contribution in [0.25, 0.3) is 0 Å². The minimum Gasteiger partial charge on any atom is -0.469 e. The van der Waals surface area contributed by atoms with Crippen LogP contribution in [0, 0.1) is 0 Å². The number of hydrogen-bond donors (Lipinski definition) is 0. The number of esters is 1. The molecule has 0 spiro atoms. The third kappa shape index (κ3) is 7.44. The van der Waals surface area contributed by atoms with Gasteiger partial charge in [0.1, 0.15) is 0 Å². The molecule has 0 aromatic heterocycles. The number of piperidine rings is 1. The Balaban J connectivity index is 1.81. The largest absolute Gasteiger partial charge is 0.469 e. The molecule has 0 radical (unpaired) electrons. The van der Waals surface area contributed by atoms with E-state index in [-0.39, 0.29) is 30.1 Å². The highest BCUT2D eigenvalue weighted by atomic mass is 19.4. The summed E-state index contributed by atoms with van der Waals surface area (Å²) in [5.41, 5.74) is -1.99. The van der Waals surface area contributed by atoms with Crippen LogP contribution < -0.4 is 0 Å². The lowest BCUT2D eigenvalue weighted by molar-refractivity contribution is -0.143. The highest BCUT2D eigenvalue weighted by molar-refractivity contribution is 5.69. The van der Waals surface area contributed by atoms with E-state index in [0.29, 0.717) is 31.5 Å². The lowest BCUT2D eigenvalue weighted by Crippen LogP contribution is -2.43. The smallest absolute Gasteiger partial charge is 0.416 e. The molecule has 192 valence electrons. The van der Waals surface area contributed by atoms with Gasteiger partial charge in [0.25, 0.3) is 0 Å².